The molecule has 0 bridgehead atoms. The maximum Gasteiger partial charge on any atom is 0.135 e. The predicted molar refractivity (Wildman–Crippen MR) is 89.1 cm³/mol. The molecule has 2 unspecified atom stereocenters. The molecule has 0 saturated carbocycles. The van der Waals surface area contributed by atoms with Crippen molar-refractivity contribution in [1.82, 2.24) is 20.1 Å². The number of fused-ring (bicyclic) bond motifs is 1. The fraction of sp³-hybridized carbons (Fsp3) is 0.556. The molecule has 118 valence electrons. The monoisotopic (exact) mass is 298 g/mol. The third kappa shape index (κ3) is 3.22. The van der Waals surface area contributed by atoms with Gasteiger partial charge in [0.25, 0.3) is 0 Å². The largest absolute Gasteiger partial charge is 0.313 e. The van der Waals surface area contributed by atoms with Crippen molar-refractivity contribution in [2.24, 2.45) is 0 Å². The molecule has 1 aromatic carbocycles. The number of aromatic nitrogens is 3. The number of nitrogens with one attached hydrogen (secondary N) is 1. The molecule has 0 radical (unpaired) electrons. The van der Waals surface area contributed by atoms with Crippen LogP contribution in [0, 0.1) is 0 Å². The van der Waals surface area contributed by atoms with Gasteiger partial charge in [0.1, 0.15) is 11.6 Å². The first kappa shape index (κ1) is 15.2. The second-order valence-electron chi connectivity index (χ2n) is 6.70. The van der Waals surface area contributed by atoms with Crippen LogP contribution in [0.3, 0.4) is 0 Å². The number of hydrogen-bond acceptors (Lipinski definition) is 3. The van der Waals surface area contributed by atoms with Crippen molar-refractivity contribution in [2.75, 3.05) is 6.54 Å². The Balaban J connectivity index is 1.60. The Labute approximate surface area is 133 Å². The van der Waals surface area contributed by atoms with E-state index in [-0.39, 0.29) is 0 Å². The molecule has 1 aliphatic rings. The van der Waals surface area contributed by atoms with E-state index in [4.69, 9.17) is 0 Å². The van der Waals surface area contributed by atoms with Crippen molar-refractivity contribution < 1.29 is 0 Å². The average Bonchev–Trinajstić information content (AvgIpc) is 2.96. The maximum absolute atomic E-state index is 4.36. The Bertz CT molecular complexity index is 603. The Morgan fingerprint density at radius 1 is 1.18 bits per heavy atom. The predicted octanol–water partition coefficient (Wildman–Crippen LogP) is 3.11. The molecular weight excluding hydrogens is 272 g/mol. The lowest BCUT2D eigenvalue weighted by Gasteiger charge is -2.27. The van der Waals surface area contributed by atoms with E-state index in [0.717, 1.165) is 37.6 Å². The van der Waals surface area contributed by atoms with E-state index in [2.05, 4.69) is 71.2 Å². The molecular formula is C18H26N4. The molecule has 4 heteroatoms. The van der Waals surface area contributed by atoms with Gasteiger partial charge in [-0.1, -0.05) is 51.1 Å². The van der Waals surface area contributed by atoms with Crippen molar-refractivity contribution in [1.29, 1.82) is 0 Å². The van der Waals surface area contributed by atoms with Gasteiger partial charge < -0.3 is 9.88 Å². The summed E-state index contributed by atoms with van der Waals surface area (Å²) in [5.41, 5.74) is 1.40. The summed E-state index contributed by atoms with van der Waals surface area (Å²) in [5, 5.41) is 12.4. The van der Waals surface area contributed by atoms with Crippen molar-refractivity contribution in [3.8, 4) is 0 Å². The Morgan fingerprint density at radius 2 is 1.95 bits per heavy atom. The molecule has 0 spiro atoms. The van der Waals surface area contributed by atoms with Crippen LogP contribution in [0.1, 0.15) is 56.2 Å². The zero-order chi connectivity index (χ0) is 15.5. The number of nitrogens with zero attached hydrogens (tertiary/aromatic N) is 3. The molecule has 4 nitrogen and oxygen atoms in total. The molecule has 2 aromatic rings. The lowest BCUT2D eigenvalue weighted by Crippen LogP contribution is -2.39. The summed E-state index contributed by atoms with van der Waals surface area (Å²) in [6.45, 7) is 8.67. The highest BCUT2D eigenvalue weighted by atomic mass is 15.3. The normalized spacial score (nSPS) is 19.2. The van der Waals surface area contributed by atoms with Crippen molar-refractivity contribution in [2.45, 2.75) is 58.0 Å². The SMILES string of the molecule is CC(C)c1nnc2n1CC(NCC(C)c1ccccc1)CC2. The first-order valence-electron chi connectivity index (χ1n) is 8.35. The maximum atomic E-state index is 4.36. The fourth-order valence-electron chi connectivity index (χ4n) is 3.18. The van der Waals surface area contributed by atoms with E-state index in [1.807, 2.05) is 0 Å². The summed E-state index contributed by atoms with van der Waals surface area (Å²) >= 11 is 0. The molecule has 0 amide bonds. The van der Waals surface area contributed by atoms with E-state index in [9.17, 15) is 0 Å². The van der Waals surface area contributed by atoms with E-state index in [1.54, 1.807) is 0 Å². The molecule has 1 aromatic heterocycles. The van der Waals surface area contributed by atoms with Crippen LogP contribution >= 0.6 is 0 Å². The number of rotatable bonds is 5. The molecule has 22 heavy (non-hydrogen) atoms. The van der Waals surface area contributed by atoms with Gasteiger partial charge in [0.2, 0.25) is 0 Å². The zero-order valence-corrected chi connectivity index (χ0v) is 13.8. The first-order chi connectivity index (χ1) is 10.6. The summed E-state index contributed by atoms with van der Waals surface area (Å²) in [6, 6.07) is 11.2. The topological polar surface area (TPSA) is 42.7 Å². The van der Waals surface area contributed by atoms with Gasteiger partial charge >= 0.3 is 0 Å². The minimum Gasteiger partial charge on any atom is -0.313 e. The summed E-state index contributed by atoms with van der Waals surface area (Å²) in [7, 11) is 0. The van der Waals surface area contributed by atoms with Crippen LogP contribution in [0.25, 0.3) is 0 Å². The average molecular weight is 298 g/mol. The van der Waals surface area contributed by atoms with E-state index < -0.39 is 0 Å². The highest BCUT2D eigenvalue weighted by molar-refractivity contribution is 5.19. The molecule has 0 aliphatic carbocycles. The fourth-order valence-corrected chi connectivity index (χ4v) is 3.18. The Morgan fingerprint density at radius 3 is 2.68 bits per heavy atom. The highest BCUT2D eigenvalue weighted by Crippen LogP contribution is 2.21. The van der Waals surface area contributed by atoms with Crippen LogP contribution in [-0.4, -0.2) is 27.4 Å². The summed E-state index contributed by atoms with van der Waals surface area (Å²) in [4.78, 5) is 0. The van der Waals surface area contributed by atoms with Gasteiger partial charge in [-0.2, -0.15) is 0 Å². The third-order valence-electron chi connectivity index (χ3n) is 4.57. The number of hydrogen-bond donors (Lipinski definition) is 1. The van der Waals surface area contributed by atoms with Gasteiger partial charge in [-0.15, -0.1) is 10.2 Å². The molecule has 0 fully saturated rings. The third-order valence-corrected chi connectivity index (χ3v) is 4.57. The van der Waals surface area contributed by atoms with E-state index in [0.29, 0.717) is 17.9 Å². The Hall–Kier alpha value is -1.68. The van der Waals surface area contributed by atoms with Gasteiger partial charge in [0.05, 0.1) is 0 Å². The van der Waals surface area contributed by atoms with Gasteiger partial charge in [-0.25, -0.2) is 0 Å². The molecule has 1 aliphatic heterocycles. The van der Waals surface area contributed by atoms with E-state index >= 15 is 0 Å². The summed E-state index contributed by atoms with van der Waals surface area (Å²) in [6.07, 6.45) is 2.18. The quantitative estimate of drug-likeness (QED) is 0.922. The van der Waals surface area contributed by atoms with Crippen molar-refractivity contribution >= 4 is 0 Å². The molecule has 2 atom stereocenters. The minimum absolute atomic E-state index is 0.434. The van der Waals surface area contributed by atoms with Gasteiger partial charge in [0, 0.05) is 31.5 Å². The Kier molecular flexibility index (Phi) is 4.57. The van der Waals surface area contributed by atoms with Crippen LogP contribution in [0.15, 0.2) is 30.3 Å². The number of aryl methyl sites for hydroxylation is 1. The van der Waals surface area contributed by atoms with Crippen LogP contribution in [-0.2, 0) is 13.0 Å². The smallest absolute Gasteiger partial charge is 0.135 e. The molecule has 1 N–H and O–H groups in total. The summed E-state index contributed by atoms with van der Waals surface area (Å²) < 4.78 is 2.32. The van der Waals surface area contributed by atoms with E-state index in [1.165, 1.54) is 5.56 Å². The van der Waals surface area contributed by atoms with Gasteiger partial charge in [-0.05, 0) is 17.9 Å². The van der Waals surface area contributed by atoms with Crippen LogP contribution in [0.4, 0.5) is 0 Å². The minimum atomic E-state index is 0.434. The van der Waals surface area contributed by atoms with Gasteiger partial charge in [0.15, 0.2) is 0 Å². The van der Waals surface area contributed by atoms with Crippen LogP contribution in [0.5, 0.6) is 0 Å². The van der Waals surface area contributed by atoms with Gasteiger partial charge in [-0.3, -0.25) is 0 Å². The second-order valence-corrected chi connectivity index (χ2v) is 6.70. The lowest BCUT2D eigenvalue weighted by molar-refractivity contribution is 0.366. The molecule has 0 saturated heterocycles. The highest BCUT2D eigenvalue weighted by Gasteiger charge is 2.23. The van der Waals surface area contributed by atoms with Crippen LogP contribution < -0.4 is 5.32 Å². The second kappa shape index (κ2) is 6.61. The first-order valence-corrected chi connectivity index (χ1v) is 8.35. The summed E-state index contributed by atoms with van der Waals surface area (Å²) in [5.74, 6) is 3.24. The number of benzene rings is 1. The molecule has 2 heterocycles. The standard InChI is InChI=1S/C18H26N4/c1-13(2)18-21-20-17-10-9-16(12-22(17)18)19-11-14(3)15-7-5-4-6-8-15/h4-8,13-14,16,19H,9-12H2,1-3H3. The van der Waals surface area contributed by atoms with Crippen LogP contribution in [0.2, 0.25) is 0 Å². The van der Waals surface area contributed by atoms with Crippen molar-refractivity contribution in [3.63, 3.8) is 0 Å². The van der Waals surface area contributed by atoms with Crippen molar-refractivity contribution in [3.05, 3.63) is 47.5 Å². The lowest BCUT2D eigenvalue weighted by atomic mass is 10.00. The zero-order valence-electron chi connectivity index (χ0n) is 13.8. The molecule has 3 rings (SSSR count).